The number of benzene rings is 2. The van der Waals surface area contributed by atoms with Crippen LogP contribution in [0.5, 0.6) is 0 Å². The molecule has 0 saturated heterocycles. The average molecular weight is 529 g/mol. The van der Waals surface area contributed by atoms with Crippen molar-refractivity contribution in [1.29, 1.82) is 0 Å². The Bertz CT molecular complexity index is 1470. The smallest absolute Gasteiger partial charge is 0.305 e. The van der Waals surface area contributed by atoms with E-state index in [1.54, 1.807) is 0 Å². The summed E-state index contributed by atoms with van der Waals surface area (Å²) in [5.41, 5.74) is 6.14. The second kappa shape index (κ2) is 11.8. The first kappa shape index (κ1) is 26.6. The topological polar surface area (TPSA) is 108 Å². The van der Waals surface area contributed by atoms with Gasteiger partial charge in [0, 0.05) is 29.7 Å². The number of aromatic nitrogens is 6. The molecule has 0 spiro atoms. The Balaban J connectivity index is 1.45. The predicted octanol–water partition coefficient (Wildman–Crippen LogP) is 5.28. The number of aromatic amines is 1. The Morgan fingerprint density at radius 1 is 1.05 bits per heavy atom. The standard InChI is InChI=1S/C30H36N6O3/c1-4-8-27-26(30(38)35-20(3)11-16-23(36(27)35)17-18-28(37)39-5-2)19-21-12-14-22(15-13-21)24-9-6-7-10-25(24)29-31-33-34-32-29/h6-7,9-10,12-15,20,23H,4-5,8,11,16-19H2,1-3H3,(H,31,32,33,34). The SMILES string of the molecule is CCCc1c(Cc2ccc(-c3ccccc3-c3nn[nH]n3)cc2)c(=O)n2n1C(CCC(=O)OCC)CCC2C. The normalized spacial score (nSPS) is 16.7. The number of esters is 1. The molecule has 0 aliphatic carbocycles. The van der Waals surface area contributed by atoms with Crippen molar-refractivity contribution >= 4 is 5.97 Å². The number of nitrogens with zero attached hydrogens (tertiary/aromatic N) is 5. The van der Waals surface area contributed by atoms with Gasteiger partial charge in [0.25, 0.3) is 5.56 Å². The van der Waals surface area contributed by atoms with Gasteiger partial charge in [-0.25, -0.2) is 4.68 Å². The predicted molar refractivity (Wildman–Crippen MR) is 149 cm³/mol. The summed E-state index contributed by atoms with van der Waals surface area (Å²) in [6, 6.07) is 16.6. The number of hydrogen-bond acceptors (Lipinski definition) is 6. The third-order valence-corrected chi connectivity index (χ3v) is 7.64. The first-order valence-electron chi connectivity index (χ1n) is 13.9. The second-order valence-corrected chi connectivity index (χ2v) is 10.2. The van der Waals surface area contributed by atoms with Gasteiger partial charge in [-0.2, -0.15) is 5.21 Å². The van der Waals surface area contributed by atoms with Gasteiger partial charge < -0.3 is 4.74 Å². The van der Waals surface area contributed by atoms with E-state index in [9.17, 15) is 9.59 Å². The van der Waals surface area contributed by atoms with E-state index in [4.69, 9.17) is 4.74 Å². The summed E-state index contributed by atoms with van der Waals surface area (Å²) in [6.45, 7) is 6.49. The number of hydrogen-bond donors (Lipinski definition) is 1. The highest BCUT2D eigenvalue weighted by Gasteiger charge is 2.31. The zero-order chi connectivity index (χ0) is 27.4. The molecule has 0 bridgehead atoms. The molecule has 2 aromatic heterocycles. The summed E-state index contributed by atoms with van der Waals surface area (Å²) in [5.74, 6) is 0.383. The van der Waals surface area contributed by atoms with Crippen molar-refractivity contribution in [2.45, 2.75) is 77.8 Å². The molecule has 2 atom stereocenters. The molecule has 1 aliphatic heterocycles. The molecule has 1 N–H and O–H groups in total. The van der Waals surface area contributed by atoms with Crippen molar-refractivity contribution in [3.8, 4) is 22.5 Å². The number of carbonyl (C=O) groups excluding carboxylic acids is 1. The van der Waals surface area contributed by atoms with Crippen molar-refractivity contribution in [1.82, 2.24) is 30.0 Å². The van der Waals surface area contributed by atoms with Crippen LogP contribution in [0.4, 0.5) is 0 Å². The van der Waals surface area contributed by atoms with Gasteiger partial charge in [0.2, 0.25) is 5.82 Å². The summed E-state index contributed by atoms with van der Waals surface area (Å²) in [5, 5.41) is 14.5. The van der Waals surface area contributed by atoms with Crippen molar-refractivity contribution in [3.63, 3.8) is 0 Å². The Labute approximate surface area is 228 Å². The Morgan fingerprint density at radius 2 is 1.82 bits per heavy atom. The van der Waals surface area contributed by atoms with Gasteiger partial charge in [-0.05, 0) is 61.4 Å². The van der Waals surface area contributed by atoms with E-state index in [0.29, 0.717) is 31.7 Å². The molecule has 3 heterocycles. The molecule has 9 heteroatoms. The largest absolute Gasteiger partial charge is 0.466 e. The van der Waals surface area contributed by atoms with Crippen LogP contribution in [-0.4, -0.2) is 42.6 Å². The molecule has 0 amide bonds. The first-order chi connectivity index (χ1) is 19.0. The Kier molecular flexibility index (Phi) is 8.05. The second-order valence-electron chi connectivity index (χ2n) is 10.2. The molecule has 2 aromatic carbocycles. The van der Waals surface area contributed by atoms with E-state index in [1.807, 2.05) is 35.9 Å². The minimum Gasteiger partial charge on any atom is -0.466 e. The van der Waals surface area contributed by atoms with Gasteiger partial charge in [0.05, 0.1) is 18.7 Å². The maximum absolute atomic E-state index is 13.8. The Hall–Kier alpha value is -4.01. The number of nitrogens with one attached hydrogen (secondary N) is 1. The van der Waals surface area contributed by atoms with Crippen LogP contribution in [0.2, 0.25) is 0 Å². The van der Waals surface area contributed by atoms with E-state index in [2.05, 4.69) is 63.4 Å². The van der Waals surface area contributed by atoms with Gasteiger partial charge in [0.15, 0.2) is 0 Å². The van der Waals surface area contributed by atoms with Crippen LogP contribution in [0.25, 0.3) is 22.5 Å². The van der Waals surface area contributed by atoms with Crippen molar-refractivity contribution in [2.24, 2.45) is 0 Å². The minimum absolute atomic E-state index is 0.0957. The van der Waals surface area contributed by atoms with E-state index in [0.717, 1.165) is 59.2 Å². The number of carbonyl (C=O) groups is 1. The third-order valence-electron chi connectivity index (χ3n) is 7.64. The van der Waals surface area contributed by atoms with Crippen LogP contribution in [-0.2, 0) is 22.4 Å². The number of H-pyrrole nitrogens is 1. The zero-order valence-electron chi connectivity index (χ0n) is 22.9. The summed E-state index contributed by atoms with van der Waals surface area (Å²) in [7, 11) is 0. The maximum atomic E-state index is 13.8. The monoisotopic (exact) mass is 528 g/mol. The minimum atomic E-state index is -0.171. The fourth-order valence-corrected chi connectivity index (χ4v) is 5.79. The lowest BCUT2D eigenvalue weighted by Gasteiger charge is -2.33. The van der Waals surface area contributed by atoms with Crippen LogP contribution in [0, 0.1) is 0 Å². The molecule has 5 rings (SSSR count). The van der Waals surface area contributed by atoms with Gasteiger partial charge in [0.1, 0.15) is 0 Å². The fourth-order valence-electron chi connectivity index (χ4n) is 5.79. The molecule has 0 radical (unpaired) electrons. The van der Waals surface area contributed by atoms with Gasteiger partial charge in [-0.1, -0.05) is 61.9 Å². The van der Waals surface area contributed by atoms with Crippen LogP contribution < -0.4 is 5.56 Å². The van der Waals surface area contributed by atoms with E-state index in [-0.39, 0.29) is 23.6 Å². The molecule has 9 nitrogen and oxygen atoms in total. The molecule has 204 valence electrons. The van der Waals surface area contributed by atoms with Gasteiger partial charge in [-0.15, -0.1) is 10.2 Å². The quantitative estimate of drug-likeness (QED) is 0.281. The molecule has 0 fully saturated rings. The van der Waals surface area contributed by atoms with Crippen molar-refractivity contribution < 1.29 is 9.53 Å². The van der Waals surface area contributed by atoms with Crippen LogP contribution >= 0.6 is 0 Å². The number of ether oxygens (including phenoxy) is 1. The number of fused-ring (bicyclic) bond motifs is 1. The molecular formula is C30H36N6O3. The van der Waals surface area contributed by atoms with E-state index in [1.165, 1.54) is 0 Å². The molecule has 2 unspecified atom stereocenters. The number of tetrazole rings is 1. The summed E-state index contributed by atoms with van der Waals surface area (Å²) in [4.78, 5) is 25.9. The lowest BCUT2D eigenvalue weighted by atomic mass is 9.96. The zero-order valence-corrected chi connectivity index (χ0v) is 22.9. The highest BCUT2D eigenvalue weighted by atomic mass is 16.5. The van der Waals surface area contributed by atoms with Crippen molar-refractivity contribution in [2.75, 3.05) is 6.61 Å². The summed E-state index contributed by atoms with van der Waals surface area (Å²) >= 11 is 0. The van der Waals surface area contributed by atoms with Gasteiger partial charge in [-0.3, -0.25) is 14.3 Å². The van der Waals surface area contributed by atoms with Crippen LogP contribution in [0.3, 0.4) is 0 Å². The fraction of sp³-hybridized carbons (Fsp3) is 0.433. The molecule has 4 aromatic rings. The summed E-state index contributed by atoms with van der Waals surface area (Å²) in [6.07, 6.45) is 5.29. The molecule has 39 heavy (non-hydrogen) atoms. The lowest BCUT2D eigenvalue weighted by Crippen LogP contribution is -2.34. The summed E-state index contributed by atoms with van der Waals surface area (Å²) < 4.78 is 9.35. The van der Waals surface area contributed by atoms with E-state index >= 15 is 0 Å². The Morgan fingerprint density at radius 3 is 2.51 bits per heavy atom. The molecule has 1 aliphatic rings. The first-order valence-corrected chi connectivity index (χ1v) is 13.9. The maximum Gasteiger partial charge on any atom is 0.305 e. The molecular weight excluding hydrogens is 492 g/mol. The van der Waals surface area contributed by atoms with Crippen LogP contribution in [0.1, 0.15) is 81.8 Å². The molecule has 0 saturated carbocycles. The lowest BCUT2D eigenvalue weighted by molar-refractivity contribution is -0.143. The number of rotatable bonds is 10. The van der Waals surface area contributed by atoms with E-state index < -0.39 is 0 Å². The highest BCUT2D eigenvalue weighted by Crippen LogP contribution is 2.34. The van der Waals surface area contributed by atoms with Crippen LogP contribution in [0.15, 0.2) is 53.3 Å². The highest BCUT2D eigenvalue weighted by molar-refractivity contribution is 5.80. The van der Waals surface area contributed by atoms with Crippen molar-refractivity contribution in [3.05, 3.63) is 75.7 Å². The van der Waals surface area contributed by atoms with Gasteiger partial charge >= 0.3 is 5.97 Å². The average Bonchev–Trinajstić information content (AvgIpc) is 3.58. The third kappa shape index (κ3) is 5.44.